The molecule has 0 aromatic rings. The van der Waals surface area contributed by atoms with Crippen molar-refractivity contribution in [2.45, 2.75) is 26.7 Å². The van der Waals surface area contributed by atoms with E-state index in [0.29, 0.717) is 12.5 Å². The first-order valence-electron chi connectivity index (χ1n) is 6.99. The number of carboxylic acid groups (broad SMARTS) is 1. The molecule has 110 valence electrons. The van der Waals surface area contributed by atoms with Crippen LogP contribution in [0.25, 0.3) is 0 Å². The van der Waals surface area contributed by atoms with Crippen LogP contribution in [0.5, 0.6) is 0 Å². The van der Waals surface area contributed by atoms with Gasteiger partial charge < -0.3 is 20.6 Å². The second-order valence-electron chi connectivity index (χ2n) is 5.21. The molecule has 0 aromatic heterocycles. The van der Waals surface area contributed by atoms with Gasteiger partial charge in [0.1, 0.15) is 0 Å². The maximum Gasteiger partial charge on any atom is 0.314 e. The van der Waals surface area contributed by atoms with Crippen LogP contribution < -0.4 is 10.6 Å². The van der Waals surface area contributed by atoms with Crippen molar-refractivity contribution in [1.82, 2.24) is 15.5 Å². The first kappa shape index (κ1) is 15.8. The molecule has 0 radical (unpaired) electrons. The Morgan fingerprint density at radius 2 is 1.95 bits per heavy atom. The van der Waals surface area contributed by atoms with Gasteiger partial charge in [-0.25, -0.2) is 4.79 Å². The summed E-state index contributed by atoms with van der Waals surface area (Å²) < 4.78 is 0. The molecule has 1 aliphatic heterocycles. The number of amides is 2. The van der Waals surface area contributed by atoms with Gasteiger partial charge in [-0.2, -0.15) is 0 Å². The zero-order chi connectivity index (χ0) is 14.3. The fourth-order valence-electron chi connectivity index (χ4n) is 2.14. The SMILES string of the molecule is CCN1CCC(CNC(=O)NCC(C)C(=O)O)CC1. The van der Waals surface area contributed by atoms with Crippen molar-refractivity contribution >= 4 is 12.0 Å². The van der Waals surface area contributed by atoms with Crippen molar-refractivity contribution in [3.05, 3.63) is 0 Å². The largest absolute Gasteiger partial charge is 0.481 e. The van der Waals surface area contributed by atoms with Crippen LogP contribution >= 0.6 is 0 Å². The first-order chi connectivity index (χ1) is 9.02. The number of urea groups is 1. The number of piperidine rings is 1. The lowest BCUT2D eigenvalue weighted by molar-refractivity contribution is -0.140. The fourth-order valence-corrected chi connectivity index (χ4v) is 2.14. The summed E-state index contributed by atoms with van der Waals surface area (Å²) in [6.07, 6.45) is 2.22. The van der Waals surface area contributed by atoms with E-state index in [1.54, 1.807) is 6.92 Å². The summed E-state index contributed by atoms with van der Waals surface area (Å²) in [5.74, 6) is -0.920. The van der Waals surface area contributed by atoms with Crippen LogP contribution in [-0.2, 0) is 4.79 Å². The Balaban J connectivity index is 2.12. The molecule has 19 heavy (non-hydrogen) atoms. The quantitative estimate of drug-likeness (QED) is 0.665. The number of aliphatic carboxylic acids is 1. The first-order valence-corrected chi connectivity index (χ1v) is 6.99. The summed E-state index contributed by atoms with van der Waals surface area (Å²) >= 11 is 0. The van der Waals surface area contributed by atoms with Gasteiger partial charge in [-0.05, 0) is 38.4 Å². The van der Waals surface area contributed by atoms with Crippen LogP contribution in [0.3, 0.4) is 0 Å². The maximum absolute atomic E-state index is 11.5. The van der Waals surface area contributed by atoms with Crippen LogP contribution in [0, 0.1) is 11.8 Å². The smallest absolute Gasteiger partial charge is 0.314 e. The summed E-state index contributed by atoms with van der Waals surface area (Å²) in [4.78, 5) is 24.5. The Bertz CT molecular complexity index is 302. The molecular formula is C13H25N3O3. The normalized spacial score (nSPS) is 18.8. The average Bonchev–Trinajstić information content (AvgIpc) is 2.42. The average molecular weight is 271 g/mol. The van der Waals surface area contributed by atoms with E-state index in [0.717, 1.165) is 32.5 Å². The number of nitrogens with one attached hydrogen (secondary N) is 2. The number of likely N-dealkylation sites (tertiary alicyclic amines) is 1. The lowest BCUT2D eigenvalue weighted by atomic mass is 9.97. The number of rotatable bonds is 6. The van der Waals surface area contributed by atoms with Crippen molar-refractivity contribution < 1.29 is 14.7 Å². The Morgan fingerprint density at radius 3 is 2.47 bits per heavy atom. The number of carbonyl (C=O) groups excluding carboxylic acids is 1. The molecule has 3 N–H and O–H groups in total. The molecule has 1 atom stereocenters. The van der Waals surface area contributed by atoms with E-state index in [9.17, 15) is 9.59 Å². The predicted molar refractivity (Wildman–Crippen MR) is 73.0 cm³/mol. The predicted octanol–water partition coefficient (Wildman–Crippen LogP) is 0.738. The van der Waals surface area contributed by atoms with E-state index in [1.807, 2.05) is 0 Å². The van der Waals surface area contributed by atoms with Crippen LogP contribution in [0.2, 0.25) is 0 Å². The molecule has 1 saturated heterocycles. The topological polar surface area (TPSA) is 81.7 Å². The maximum atomic E-state index is 11.5. The van der Waals surface area contributed by atoms with Crippen LogP contribution in [-0.4, -0.2) is 54.7 Å². The highest BCUT2D eigenvalue weighted by atomic mass is 16.4. The third kappa shape index (κ3) is 5.92. The van der Waals surface area contributed by atoms with Gasteiger partial charge in [-0.1, -0.05) is 13.8 Å². The molecule has 1 fully saturated rings. The van der Waals surface area contributed by atoms with Gasteiger partial charge in [-0.3, -0.25) is 4.79 Å². The van der Waals surface area contributed by atoms with Crippen molar-refractivity contribution in [1.29, 1.82) is 0 Å². The zero-order valence-corrected chi connectivity index (χ0v) is 11.8. The monoisotopic (exact) mass is 271 g/mol. The van der Waals surface area contributed by atoms with E-state index in [2.05, 4.69) is 22.5 Å². The fraction of sp³-hybridized carbons (Fsp3) is 0.846. The number of carboxylic acids is 1. The molecule has 2 amide bonds. The summed E-state index contributed by atoms with van der Waals surface area (Å²) in [7, 11) is 0. The van der Waals surface area contributed by atoms with E-state index in [4.69, 9.17) is 5.11 Å². The van der Waals surface area contributed by atoms with E-state index < -0.39 is 11.9 Å². The summed E-state index contributed by atoms with van der Waals surface area (Å²) in [6, 6.07) is -0.272. The van der Waals surface area contributed by atoms with Gasteiger partial charge in [0.25, 0.3) is 0 Å². The molecule has 0 bridgehead atoms. The summed E-state index contributed by atoms with van der Waals surface area (Å²) in [5, 5.41) is 14.1. The zero-order valence-electron chi connectivity index (χ0n) is 11.8. The molecule has 1 aliphatic rings. The lowest BCUT2D eigenvalue weighted by Crippen LogP contribution is -2.43. The minimum Gasteiger partial charge on any atom is -0.481 e. The van der Waals surface area contributed by atoms with Crippen LogP contribution in [0.4, 0.5) is 4.79 Å². The highest BCUT2D eigenvalue weighted by molar-refractivity contribution is 5.75. The van der Waals surface area contributed by atoms with Gasteiger partial charge in [0.15, 0.2) is 0 Å². The van der Waals surface area contributed by atoms with Crippen LogP contribution in [0.1, 0.15) is 26.7 Å². The molecule has 6 heteroatoms. The molecule has 0 spiro atoms. The Labute approximate surface area is 114 Å². The van der Waals surface area contributed by atoms with Gasteiger partial charge in [0.2, 0.25) is 0 Å². The third-order valence-corrected chi connectivity index (χ3v) is 3.70. The van der Waals surface area contributed by atoms with Crippen molar-refractivity contribution in [2.24, 2.45) is 11.8 Å². The molecule has 1 heterocycles. The van der Waals surface area contributed by atoms with Gasteiger partial charge in [-0.15, -0.1) is 0 Å². The molecule has 0 aliphatic carbocycles. The van der Waals surface area contributed by atoms with E-state index in [-0.39, 0.29) is 12.6 Å². The minimum atomic E-state index is -0.896. The van der Waals surface area contributed by atoms with Crippen molar-refractivity contribution in [3.63, 3.8) is 0 Å². The lowest BCUT2D eigenvalue weighted by Gasteiger charge is -2.31. The molecule has 1 rings (SSSR count). The van der Waals surface area contributed by atoms with Crippen LogP contribution in [0.15, 0.2) is 0 Å². The van der Waals surface area contributed by atoms with Gasteiger partial charge in [0, 0.05) is 13.1 Å². The number of hydrogen-bond donors (Lipinski definition) is 3. The highest BCUT2D eigenvalue weighted by Crippen LogP contribution is 2.15. The number of carbonyl (C=O) groups is 2. The van der Waals surface area contributed by atoms with E-state index >= 15 is 0 Å². The minimum absolute atomic E-state index is 0.162. The third-order valence-electron chi connectivity index (χ3n) is 3.70. The van der Waals surface area contributed by atoms with Gasteiger partial charge >= 0.3 is 12.0 Å². The Hall–Kier alpha value is -1.30. The second-order valence-corrected chi connectivity index (χ2v) is 5.21. The number of hydrogen-bond acceptors (Lipinski definition) is 3. The van der Waals surface area contributed by atoms with Gasteiger partial charge in [0.05, 0.1) is 5.92 Å². The molecule has 0 saturated carbocycles. The number of nitrogens with zero attached hydrogens (tertiary/aromatic N) is 1. The second kappa shape index (κ2) is 7.99. The molecule has 0 aromatic carbocycles. The Kier molecular flexibility index (Phi) is 6.62. The molecule has 1 unspecified atom stereocenters. The summed E-state index contributed by atoms with van der Waals surface area (Å²) in [6.45, 7) is 7.85. The summed E-state index contributed by atoms with van der Waals surface area (Å²) in [5.41, 5.74) is 0. The van der Waals surface area contributed by atoms with Crippen molar-refractivity contribution in [3.8, 4) is 0 Å². The standard InChI is InChI=1S/C13H25N3O3/c1-3-16-6-4-11(5-7-16)9-15-13(19)14-8-10(2)12(17)18/h10-11H,3-9H2,1-2H3,(H,17,18)(H2,14,15,19). The molecular weight excluding hydrogens is 246 g/mol. The highest BCUT2D eigenvalue weighted by Gasteiger charge is 2.18. The van der Waals surface area contributed by atoms with E-state index in [1.165, 1.54) is 0 Å². The Morgan fingerprint density at radius 1 is 1.32 bits per heavy atom. The van der Waals surface area contributed by atoms with Crippen molar-refractivity contribution in [2.75, 3.05) is 32.7 Å². The molecule has 6 nitrogen and oxygen atoms in total.